The Morgan fingerprint density at radius 3 is 2.84 bits per heavy atom. The van der Waals surface area contributed by atoms with Gasteiger partial charge in [-0.1, -0.05) is 48.5 Å². The Morgan fingerprint density at radius 2 is 2.05 bits per heavy atom. The zero-order chi connectivity index (χ0) is 25.9. The molecular formula is C28H31BrN4O3S. The second-order valence-electron chi connectivity index (χ2n) is 9.25. The van der Waals surface area contributed by atoms with Crippen molar-refractivity contribution in [1.82, 2.24) is 14.8 Å². The van der Waals surface area contributed by atoms with Crippen LogP contribution in [0.5, 0.6) is 11.5 Å². The Balaban J connectivity index is 1.55. The second-order valence-corrected chi connectivity index (χ2v) is 11.2. The summed E-state index contributed by atoms with van der Waals surface area (Å²) in [6, 6.07) is 11.9. The standard InChI is InChI=1S/C28H31BrN4O3S/c1-4-12-37-28-31-27-30-21-10-7-11-22(34)24(21)25(33(27)32-28)19-14-20(29)26(23(15-19)35-5-2)36-16-18-9-6-8-17(3)13-18/h6,8-9,13-15,25H,4-5,7,10-12,16H2,1-3H3,(H,30,31,32). The van der Waals surface area contributed by atoms with Gasteiger partial charge in [0.25, 0.3) is 0 Å². The summed E-state index contributed by atoms with van der Waals surface area (Å²) < 4.78 is 14.9. The van der Waals surface area contributed by atoms with E-state index in [1.165, 1.54) is 5.56 Å². The zero-order valence-electron chi connectivity index (χ0n) is 21.3. The third kappa shape index (κ3) is 5.43. The number of Topliss-reactive ketones (excluding diaryl/α,β-unsaturated/α-hetero) is 1. The third-order valence-electron chi connectivity index (χ3n) is 6.40. The van der Waals surface area contributed by atoms with Crippen LogP contribution in [0.1, 0.15) is 62.3 Å². The van der Waals surface area contributed by atoms with E-state index in [1.807, 2.05) is 35.9 Å². The highest BCUT2D eigenvalue weighted by molar-refractivity contribution is 9.10. The van der Waals surface area contributed by atoms with Crippen molar-refractivity contribution >= 4 is 39.4 Å². The van der Waals surface area contributed by atoms with Gasteiger partial charge in [-0.25, -0.2) is 4.68 Å². The molecule has 0 amide bonds. The molecule has 1 aliphatic heterocycles. The number of hydrogen-bond acceptors (Lipinski definition) is 7. The molecule has 9 heteroatoms. The monoisotopic (exact) mass is 582 g/mol. The van der Waals surface area contributed by atoms with E-state index in [9.17, 15) is 4.79 Å². The van der Waals surface area contributed by atoms with Gasteiger partial charge < -0.3 is 14.8 Å². The number of ketones is 1. The van der Waals surface area contributed by atoms with Crippen LogP contribution in [0.3, 0.4) is 0 Å². The summed E-state index contributed by atoms with van der Waals surface area (Å²) in [5, 5.41) is 8.93. The first-order chi connectivity index (χ1) is 18.0. The molecule has 0 fully saturated rings. The number of benzene rings is 2. The Kier molecular flexibility index (Phi) is 7.90. The van der Waals surface area contributed by atoms with Crippen molar-refractivity contribution in [2.75, 3.05) is 17.7 Å². The second kappa shape index (κ2) is 11.3. The van der Waals surface area contributed by atoms with Crippen molar-refractivity contribution < 1.29 is 14.3 Å². The minimum atomic E-state index is -0.385. The molecule has 0 bridgehead atoms. The van der Waals surface area contributed by atoms with Crippen molar-refractivity contribution in [3.8, 4) is 11.5 Å². The van der Waals surface area contributed by atoms with E-state index in [0.29, 0.717) is 42.2 Å². The summed E-state index contributed by atoms with van der Waals surface area (Å²) in [7, 11) is 0. The molecule has 3 aromatic rings. The third-order valence-corrected chi connectivity index (χ3v) is 8.03. The molecule has 37 heavy (non-hydrogen) atoms. The normalized spacial score (nSPS) is 16.8. The average Bonchev–Trinajstić information content (AvgIpc) is 3.28. The molecule has 0 saturated carbocycles. The van der Waals surface area contributed by atoms with Crippen LogP contribution in [0.25, 0.3) is 0 Å². The van der Waals surface area contributed by atoms with Crippen LogP contribution in [0.2, 0.25) is 0 Å². The lowest BCUT2D eigenvalue weighted by molar-refractivity contribution is -0.116. The highest BCUT2D eigenvalue weighted by atomic mass is 79.9. The topological polar surface area (TPSA) is 78.3 Å². The first-order valence-electron chi connectivity index (χ1n) is 12.8. The first kappa shape index (κ1) is 25.9. The maximum absolute atomic E-state index is 13.2. The number of nitrogens with zero attached hydrogens (tertiary/aromatic N) is 3. The smallest absolute Gasteiger partial charge is 0.227 e. The molecule has 0 spiro atoms. The van der Waals surface area contributed by atoms with Crippen LogP contribution >= 0.6 is 27.7 Å². The summed E-state index contributed by atoms with van der Waals surface area (Å²) in [4.78, 5) is 18.0. The molecule has 5 rings (SSSR count). The minimum absolute atomic E-state index is 0.150. The lowest BCUT2D eigenvalue weighted by atomic mass is 9.85. The highest BCUT2D eigenvalue weighted by Gasteiger charge is 2.37. The van der Waals surface area contributed by atoms with Crippen molar-refractivity contribution in [3.63, 3.8) is 0 Å². The Morgan fingerprint density at radius 1 is 1.19 bits per heavy atom. The molecule has 1 aliphatic carbocycles. The van der Waals surface area contributed by atoms with Crippen LogP contribution < -0.4 is 14.8 Å². The number of thioether (sulfide) groups is 1. The molecule has 194 valence electrons. The van der Waals surface area contributed by atoms with Crippen molar-refractivity contribution in [2.45, 2.75) is 64.3 Å². The number of rotatable bonds is 9. The highest BCUT2D eigenvalue weighted by Crippen LogP contribution is 2.45. The molecular weight excluding hydrogens is 552 g/mol. The number of nitrogens with one attached hydrogen (secondary N) is 1. The van der Waals surface area contributed by atoms with Crippen LogP contribution in [-0.4, -0.2) is 32.9 Å². The van der Waals surface area contributed by atoms with Gasteiger partial charge in [0, 0.05) is 23.4 Å². The quantitative estimate of drug-likeness (QED) is 0.276. The number of hydrogen-bond donors (Lipinski definition) is 1. The van der Waals surface area contributed by atoms with Crippen LogP contribution in [0.15, 0.2) is 57.3 Å². The summed E-state index contributed by atoms with van der Waals surface area (Å²) >= 11 is 5.36. The largest absolute Gasteiger partial charge is 0.490 e. The first-order valence-corrected chi connectivity index (χ1v) is 14.5. The fourth-order valence-corrected chi connectivity index (χ4v) is 6.06. The van der Waals surface area contributed by atoms with E-state index in [2.05, 4.69) is 47.2 Å². The van der Waals surface area contributed by atoms with E-state index < -0.39 is 0 Å². The Bertz CT molecular complexity index is 1350. The number of allylic oxidation sites excluding steroid dienone is 2. The van der Waals surface area contributed by atoms with E-state index in [4.69, 9.17) is 19.6 Å². The van der Waals surface area contributed by atoms with E-state index in [-0.39, 0.29) is 11.8 Å². The Hall–Kier alpha value is -2.78. The lowest BCUT2D eigenvalue weighted by Gasteiger charge is -2.32. The van der Waals surface area contributed by atoms with Gasteiger partial charge in [-0.05, 0) is 72.3 Å². The minimum Gasteiger partial charge on any atom is -0.490 e. The van der Waals surface area contributed by atoms with Gasteiger partial charge in [-0.15, -0.1) is 5.10 Å². The molecule has 7 nitrogen and oxygen atoms in total. The SMILES string of the molecule is CCCSc1nc2n(n1)C(c1cc(Br)c(OCc3cccc(C)c3)c(OCC)c1)C1=C(CCCC1=O)N2. The maximum Gasteiger partial charge on any atom is 0.227 e. The fourth-order valence-electron chi connectivity index (χ4n) is 4.81. The summed E-state index contributed by atoms with van der Waals surface area (Å²) in [6.07, 6.45) is 3.23. The van der Waals surface area contributed by atoms with E-state index >= 15 is 0 Å². The van der Waals surface area contributed by atoms with Gasteiger partial charge in [0.15, 0.2) is 17.3 Å². The molecule has 1 unspecified atom stereocenters. The molecule has 1 aromatic heterocycles. The molecule has 0 saturated heterocycles. The predicted molar refractivity (Wildman–Crippen MR) is 150 cm³/mol. The number of aromatic nitrogens is 3. The summed E-state index contributed by atoms with van der Waals surface area (Å²) in [6.45, 7) is 7.07. The maximum atomic E-state index is 13.2. The van der Waals surface area contributed by atoms with Gasteiger partial charge in [-0.2, -0.15) is 4.98 Å². The van der Waals surface area contributed by atoms with Crippen LogP contribution in [-0.2, 0) is 11.4 Å². The van der Waals surface area contributed by atoms with Crippen LogP contribution in [0, 0.1) is 6.92 Å². The van der Waals surface area contributed by atoms with E-state index in [1.54, 1.807) is 11.8 Å². The van der Waals surface area contributed by atoms with Crippen molar-refractivity contribution in [1.29, 1.82) is 0 Å². The van der Waals surface area contributed by atoms with Gasteiger partial charge in [0.05, 0.1) is 11.1 Å². The zero-order valence-corrected chi connectivity index (χ0v) is 23.7. The predicted octanol–water partition coefficient (Wildman–Crippen LogP) is 6.85. The molecule has 2 heterocycles. The number of aryl methyl sites for hydroxylation is 1. The fraction of sp³-hybridized carbons (Fsp3) is 0.393. The summed E-state index contributed by atoms with van der Waals surface area (Å²) in [5.74, 6) is 3.03. The van der Waals surface area contributed by atoms with Crippen LogP contribution in [0.4, 0.5) is 5.95 Å². The molecule has 2 aliphatic rings. The number of carbonyl (C=O) groups is 1. The number of ether oxygens (including phenoxy) is 2. The van der Waals surface area contributed by atoms with E-state index in [0.717, 1.165) is 51.9 Å². The van der Waals surface area contributed by atoms with Gasteiger partial charge in [0.1, 0.15) is 12.6 Å². The molecule has 2 aromatic carbocycles. The lowest BCUT2D eigenvalue weighted by Crippen LogP contribution is -2.31. The van der Waals surface area contributed by atoms with Gasteiger partial charge in [-0.3, -0.25) is 4.79 Å². The number of halogens is 1. The number of anilines is 1. The summed E-state index contributed by atoms with van der Waals surface area (Å²) in [5.41, 5.74) is 4.89. The number of carbonyl (C=O) groups excluding carboxylic acids is 1. The van der Waals surface area contributed by atoms with Crippen molar-refractivity contribution in [3.05, 3.63) is 68.8 Å². The molecule has 0 radical (unpaired) electrons. The average molecular weight is 584 g/mol. The van der Waals surface area contributed by atoms with Gasteiger partial charge >= 0.3 is 0 Å². The van der Waals surface area contributed by atoms with Crippen molar-refractivity contribution in [2.24, 2.45) is 0 Å². The number of fused-ring (bicyclic) bond motifs is 1. The molecule has 1 N–H and O–H groups in total. The van der Waals surface area contributed by atoms with Gasteiger partial charge in [0.2, 0.25) is 11.1 Å². The molecule has 1 atom stereocenters. The Labute approximate surface area is 230 Å².